The van der Waals surface area contributed by atoms with Gasteiger partial charge in [0.25, 0.3) is 0 Å². The highest BCUT2D eigenvalue weighted by molar-refractivity contribution is 7.15. The lowest BCUT2D eigenvalue weighted by Gasteiger charge is -2.32. The molecule has 128 valence electrons. The Hall–Kier alpha value is -1.87. The fourth-order valence-corrected chi connectivity index (χ4v) is 3.65. The molecule has 3 heterocycles. The summed E-state index contributed by atoms with van der Waals surface area (Å²) in [4.78, 5) is 19.0. The lowest BCUT2D eigenvalue weighted by atomic mass is 10.0. The van der Waals surface area contributed by atoms with Crippen molar-refractivity contribution in [1.82, 2.24) is 25.2 Å². The van der Waals surface area contributed by atoms with Gasteiger partial charge in [-0.25, -0.2) is 0 Å². The Morgan fingerprint density at radius 3 is 2.96 bits per heavy atom. The first-order valence-corrected chi connectivity index (χ1v) is 9.18. The van der Waals surface area contributed by atoms with E-state index in [1.54, 1.807) is 0 Å². The molecule has 1 atom stereocenters. The second kappa shape index (κ2) is 6.56. The number of aryl methyl sites for hydroxylation is 1. The zero-order valence-corrected chi connectivity index (χ0v) is 14.4. The third-order valence-electron chi connectivity index (χ3n) is 4.42. The van der Waals surface area contributed by atoms with E-state index in [2.05, 4.69) is 30.6 Å². The zero-order chi connectivity index (χ0) is 16.5. The third-order valence-corrected chi connectivity index (χ3v) is 5.17. The standard InChI is InChI=1S/C15H20N6O2S/c1-9-18-19-15(24-9)16-12(22)8-21-7-3-2-4-11(21)14-17-13(20-23-14)10-5-6-10/h10-11H,2-8H2,1H3,(H,16,19,22)/t11-/m0/s1. The van der Waals surface area contributed by atoms with E-state index < -0.39 is 0 Å². The van der Waals surface area contributed by atoms with Gasteiger partial charge in [0, 0.05) is 5.92 Å². The second-order valence-corrected chi connectivity index (χ2v) is 7.60. The Morgan fingerprint density at radius 1 is 1.33 bits per heavy atom. The molecule has 2 aliphatic rings. The molecule has 8 nitrogen and oxygen atoms in total. The Balaban J connectivity index is 1.42. The molecular weight excluding hydrogens is 328 g/mol. The average Bonchev–Trinajstić information content (AvgIpc) is 3.16. The van der Waals surface area contributed by atoms with Crippen LogP contribution in [0.25, 0.3) is 0 Å². The number of nitrogens with zero attached hydrogens (tertiary/aromatic N) is 5. The van der Waals surface area contributed by atoms with Gasteiger partial charge in [0.05, 0.1) is 12.6 Å². The van der Waals surface area contributed by atoms with Gasteiger partial charge in [0.15, 0.2) is 5.82 Å². The number of hydrogen-bond acceptors (Lipinski definition) is 8. The minimum absolute atomic E-state index is 0.0284. The van der Waals surface area contributed by atoms with Crippen LogP contribution in [0.3, 0.4) is 0 Å². The molecule has 2 aromatic heterocycles. The molecule has 2 fully saturated rings. The smallest absolute Gasteiger partial charge is 0.244 e. The van der Waals surface area contributed by atoms with Crippen molar-refractivity contribution in [2.45, 2.75) is 51.0 Å². The lowest BCUT2D eigenvalue weighted by molar-refractivity contribution is -0.118. The Bertz CT molecular complexity index is 725. The number of amides is 1. The maximum atomic E-state index is 12.3. The van der Waals surface area contributed by atoms with Crippen molar-refractivity contribution in [3.8, 4) is 0 Å². The van der Waals surface area contributed by atoms with E-state index in [1.165, 1.54) is 11.3 Å². The van der Waals surface area contributed by atoms with Crippen molar-refractivity contribution in [3.05, 3.63) is 16.7 Å². The van der Waals surface area contributed by atoms with Crippen LogP contribution in [0.4, 0.5) is 5.13 Å². The Morgan fingerprint density at radius 2 is 2.21 bits per heavy atom. The van der Waals surface area contributed by atoms with E-state index in [-0.39, 0.29) is 11.9 Å². The van der Waals surface area contributed by atoms with Gasteiger partial charge in [-0.05, 0) is 39.2 Å². The largest absolute Gasteiger partial charge is 0.338 e. The molecule has 24 heavy (non-hydrogen) atoms. The highest BCUT2D eigenvalue weighted by Crippen LogP contribution is 2.39. The molecule has 1 aliphatic carbocycles. The van der Waals surface area contributed by atoms with Gasteiger partial charge in [0.2, 0.25) is 16.9 Å². The summed E-state index contributed by atoms with van der Waals surface area (Å²) in [6.45, 7) is 3.01. The van der Waals surface area contributed by atoms with E-state index in [1.807, 2.05) is 6.92 Å². The van der Waals surface area contributed by atoms with Crippen LogP contribution >= 0.6 is 11.3 Å². The quantitative estimate of drug-likeness (QED) is 0.885. The van der Waals surface area contributed by atoms with Gasteiger partial charge < -0.3 is 4.52 Å². The number of anilines is 1. The molecule has 0 spiro atoms. The molecular formula is C15H20N6O2S. The van der Waals surface area contributed by atoms with Gasteiger partial charge >= 0.3 is 0 Å². The highest BCUT2D eigenvalue weighted by atomic mass is 32.1. The Labute approximate surface area is 143 Å². The van der Waals surface area contributed by atoms with E-state index in [4.69, 9.17) is 4.52 Å². The summed E-state index contributed by atoms with van der Waals surface area (Å²) in [6.07, 6.45) is 5.43. The van der Waals surface area contributed by atoms with Gasteiger partial charge in [-0.3, -0.25) is 15.0 Å². The molecule has 0 aromatic carbocycles. The van der Waals surface area contributed by atoms with Gasteiger partial charge in [0.1, 0.15) is 5.01 Å². The summed E-state index contributed by atoms with van der Waals surface area (Å²) in [7, 11) is 0. The van der Waals surface area contributed by atoms with Crippen LogP contribution in [0.2, 0.25) is 0 Å². The van der Waals surface area contributed by atoms with Crippen LogP contribution in [0, 0.1) is 6.92 Å². The summed E-state index contributed by atoms with van der Waals surface area (Å²) in [5.41, 5.74) is 0. The predicted octanol–water partition coefficient (Wildman–Crippen LogP) is 2.27. The van der Waals surface area contributed by atoms with Crippen molar-refractivity contribution < 1.29 is 9.32 Å². The molecule has 0 unspecified atom stereocenters. The minimum atomic E-state index is -0.0834. The number of carbonyl (C=O) groups is 1. The molecule has 0 bridgehead atoms. The minimum Gasteiger partial charge on any atom is -0.338 e. The van der Waals surface area contributed by atoms with E-state index in [0.717, 1.165) is 49.5 Å². The van der Waals surface area contributed by atoms with Gasteiger partial charge in [-0.2, -0.15) is 4.98 Å². The van der Waals surface area contributed by atoms with Gasteiger partial charge in [-0.15, -0.1) is 10.2 Å². The average molecular weight is 348 g/mol. The molecule has 1 amide bonds. The summed E-state index contributed by atoms with van der Waals surface area (Å²) >= 11 is 1.38. The molecule has 0 radical (unpaired) electrons. The SMILES string of the molecule is Cc1nnc(NC(=O)CN2CCCC[C@H]2c2nc(C3CC3)no2)s1. The second-order valence-electron chi connectivity index (χ2n) is 6.42. The summed E-state index contributed by atoms with van der Waals surface area (Å²) in [5, 5.41) is 16.1. The number of nitrogens with one attached hydrogen (secondary N) is 1. The van der Waals surface area contributed by atoms with Crippen molar-refractivity contribution in [2.75, 3.05) is 18.4 Å². The first kappa shape index (κ1) is 15.6. The van der Waals surface area contributed by atoms with Crippen LogP contribution < -0.4 is 5.32 Å². The number of hydrogen-bond donors (Lipinski definition) is 1. The maximum Gasteiger partial charge on any atom is 0.244 e. The zero-order valence-electron chi connectivity index (χ0n) is 13.6. The Kier molecular flexibility index (Phi) is 4.28. The van der Waals surface area contributed by atoms with Crippen molar-refractivity contribution in [1.29, 1.82) is 0 Å². The molecule has 9 heteroatoms. The molecule has 1 aliphatic heterocycles. The fraction of sp³-hybridized carbons (Fsp3) is 0.667. The van der Waals surface area contributed by atoms with Crippen molar-refractivity contribution >= 4 is 22.4 Å². The topological polar surface area (TPSA) is 97.0 Å². The molecule has 4 rings (SSSR count). The monoisotopic (exact) mass is 348 g/mol. The van der Waals surface area contributed by atoms with Crippen molar-refractivity contribution in [2.24, 2.45) is 0 Å². The first-order chi connectivity index (χ1) is 11.7. The number of piperidine rings is 1. The highest BCUT2D eigenvalue weighted by Gasteiger charge is 2.33. The van der Waals surface area contributed by atoms with Crippen LogP contribution in [0.1, 0.15) is 60.8 Å². The summed E-state index contributed by atoms with van der Waals surface area (Å²) < 4.78 is 5.48. The summed E-state index contributed by atoms with van der Waals surface area (Å²) in [5.74, 6) is 1.86. The normalized spacial score (nSPS) is 21.8. The fourth-order valence-electron chi connectivity index (χ4n) is 3.04. The molecule has 1 saturated carbocycles. The number of rotatable bonds is 5. The number of carbonyl (C=O) groups excluding carboxylic acids is 1. The van der Waals surface area contributed by atoms with E-state index >= 15 is 0 Å². The van der Waals surface area contributed by atoms with Crippen LogP contribution in [0.15, 0.2) is 4.52 Å². The van der Waals surface area contributed by atoms with Crippen LogP contribution in [-0.2, 0) is 4.79 Å². The molecule has 1 saturated heterocycles. The van der Waals surface area contributed by atoms with Crippen LogP contribution in [-0.4, -0.2) is 44.2 Å². The predicted molar refractivity (Wildman–Crippen MR) is 87.7 cm³/mol. The third kappa shape index (κ3) is 3.46. The number of aromatic nitrogens is 4. The lowest BCUT2D eigenvalue weighted by Crippen LogP contribution is -2.39. The maximum absolute atomic E-state index is 12.3. The van der Waals surface area contributed by atoms with Crippen LogP contribution in [0.5, 0.6) is 0 Å². The van der Waals surface area contributed by atoms with E-state index in [9.17, 15) is 4.79 Å². The number of likely N-dealkylation sites (tertiary alicyclic amines) is 1. The van der Waals surface area contributed by atoms with Gasteiger partial charge in [-0.1, -0.05) is 22.9 Å². The van der Waals surface area contributed by atoms with Crippen molar-refractivity contribution in [3.63, 3.8) is 0 Å². The molecule has 1 N–H and O–H groups in total. The van der Waals surface area contributed by atoms with E-state index in [0.29, 0.717) is 23.5 Å². The molecule has 2 aromatic rings. The summed E-state index contributed by atoms with van der Waals surface area (Å²) in [6, 6.07) is 0.0284. The first-order valence-electron chi connectivity index (χ1n) is 8.36.